The zero-order chi connectivity index (χ0) is 11.7. The first-order valence-corrected chi connectivity index (χ1v) is 6.31. The highest BCUT2D eigenvalue weighted by molar-refractivity contribution is 7.09. The van der Waals surface area contributed by atoms with Crippen molar-refractivity contribution in [1.29, 1.82) is 0 Å². The Labute approximate surface area is 103 Å². The largest absolute Gasteiger partial charge is 0.392 e. The van der Waals surface area contributed by atoms with Gasteiger partial charge in [-0.3, -0.25) is 4.98 Å². The number of aliphatic hydroxyl groups is 1. The fourth-order valence-electron chi connectivity index (χ4n) is 1.95. The quantitative estimate of drug-likeness (QED) is 0.769. The van der Waals surface area contributed by atoms with Crippen molar-refractivity contribution < 1.29 is 5.11 Å². The SMILES string of the molecule is OCc1ccc2ccn(Cc3cncs3)c2c1. The monoisotopic (exact) mass is 244 g/mol. The average Bonchev–Trinajstić information content (AvgIpc) is 2.99. The van der Waals surface area contributed by atoms with E-state index in [1.54, 1.807) is 11.3 Å². The minimum atomic E-state index is 0.0850. The lowest BCUT2D eigenvalue weighted by atomic mass is 10.2. The van der Waals surface area contributed by atoms with Gasteiger partial charge in [-0.2, -0.15) is 0 Å². The molecular formula is C13H12N2OS. The molecule has 0 unspecified atom stereocenters. The van der Waals surface area contributed by atoms with Crippen LogP contribution in [0, 0.1) is 0 Å². The van der Waals surface area contributed by atoms with Gasteiger partial charge in [0.05, 0.1) is 18.7 Å². The molecule has 0 aliphatic carbocycles. The van der Waals surface area contributed by atoms with Crippen LogP contribution in [0.3, 0.4) is 0 Å². The van der Waals surface area contributed by atoms with Gasteiger partial charge in [-0.1, -0.05) is 12.1 Å². The fraction of sp³-hybridized carbons (Fsp3) is 0.154. The van der Waals surface area contributed by atoms with Crippen LogP contribution in [0.1, 0.15) is 10.4 Å². The third kappa shape index (κ3) is 1.97. The van der Waals surface area contributed by atoms with Crippen LogP contribution >= 0.6 is 11.3 Å². The van der Waals surface area contributed by atoms with E-state index in [1.165, 1.54) is 10.3 Å². The molecule has 3 aromatic rings. The van der Waals surface area contributed by atoms with Crippen LogP contribution in [0.25, 0.3) is 10.9 Å². The van der Waals surface area contributed by atoms with E-state index in [0.29, 0.717) is 0 Å². The van der Waals surface area contributed by atoms with Gasteiger partial charge < -0.3 is 9.67 Å². The van der Waals surface area contributed by atoms with Crippen molar-refractivity contribution in [2.75, 3.05) is 0 Å². The molecule has 0 radical (unpaired) electrons. The molecule has 1 N–H and O–H groups in total. The van der Waals surface area contributed by atoms with Crippen LogP contribution in [-0.2, 0) is 13.2 Å². The lowest BCUT2D eigenvalue weighted by Crippen LogP contribution is -1.96. The van der Waals surface area contributed by atoms with Crippen LogP contribution < -0.4 is 0 Å². The highest BCUT2D eigenvalue weighted by atomic mass is 32.1. The van der Waals surface area contributed by atoms with E-state index in [-0.39, 0.29) is 6.61 Å². The second-order valence-electron chi connectivity index (χ2n) is 3.96. The zero-order valence-corrected chi connectivity index (χ0v) is 10.0. The van der Waals surface area contributed by atoms with Crippen molar-refractivity contribution >= 4 is 22.2 Å². The second kappa shape index (κ2) is 4.31. The molecule has 2 heterocycles. The molecule has 0 aliphatic heterocycles. The molecule has 3 rings (SSSR count). The average molecular weight is 244 g/mol. The summed E-state index contributed by atoms with van der Waals surface area (Å²) >= 11 is 1.66. The Bertz CT molecular complexity index is 628. The van der Waals surface area contributed by atoms with Crippen LogP contribution in [0.15, 0.2) is 42.2 Å². The summed E-state index contributed by atoms with van der Waals surface area (Å²) in [4.78, 5) is 5.31. The fourth-order valence-corrected chi connectivity index (χ4v) is 2.55. The molecule has 4 heteroatoms. The molecule has 0 spiro atoms. The van der Waals surface area contributed by atoms with Gasteiger partial charge in [0.1, 0.15) is 0 Å². The van der Waals surface area contributed by atoms with Gasteiger partial charge in [-0.15, -0.1) is 11.3 Å². The van der Waals surface area contributed by atoms with Gasteiger partial charge in [0.25, 0.3) is 0 Å². The molecule has 86 valence electrons. The molecule has 0 bridgehead atoms. The third-order valence-electron chi connectivity index (χ3n) is 2.83. The summed E-state index contributed by atoms with van der Waals surface area (Å²) in [5.41, 5.74) is 3.95. The first-order valence-electron chi connectivity index (χ1n) is 5.43. The number of nitrogens with zero attached hydrogens (tertiary/aromatic N) is 2. The highest BCUT2D eigenvalue weighted by Crippen LogP contribution is 2.20. The summed E-state index contributed by atoms with van der Waals surface area (Å²) < 4.78 is 2.18. The summed E-state index contributed by atoms with van der Waals surface area (Å²) in [6, 6.07) is 8.14. The predicted molar refractivity (Wildman–Crippen MR) is 69.1 cm³/mol. The number of aliphatic hydroxyl groups excluding tert-OH is 1. The molecule has 0 amide bonds. The van der Waals surface area contributed by atoms with Crippen LogP contribution in [0.4, 0.5) is 0 Å². The lowest BCUT2D eigenvalue weighted by Gasteiger charge is -2.04. The summed E-state index contributed by atoms with van der Waals surface area (Å²) in [6.07, 6.45) is 3.97. The molecule has 0 saturated carbocycles. The zero-order valence-electron chi connectivity index (χ0n) is 9.21. The summed E-state index contributed by atoms with van der Waals surface area (Å²) in [5, 5.41) is 10.4. The number of thiazole rings is 1. The van der Waals surface area contributed by atoms with E-state index in [0.717, 1.165) is 17.6 Å². The van der Waals surface area contributed by atoms with Gasteiger partial charge in [0.2, 0.25) is 0 Å². The molecule has 0 fully saturated rings. The number of hydrogen-bond donors (Lipinski definition) is 1. The minimum absolute atomic E-state index is 0.0850. The molecule has 17 heavy (non-hydrogen) atoms. The molecule has 0 aliphatic rings. The van der Waals surface area contributed by atoms with Crippen molar-refractivity contribution in [3.8, 4) is 0 Å². The Morgan fingerprint density at radius 3 is 3.00 bits per heavy atom. The van der Waals surface area contributed by atoms with Gasteiger partial charge in [-0.05, 0) is 23.1 Å². The Morgan fingerprint density at radius 2 is 2.24 bits per heavy atom. The molecule has 1 aromatic carbocycles. The number of benzene rings is 1. The maximum Gasteiger partial charge on any atom is 0.0794 e. The minimum Gasteiger partial charge on any atom is -0.392 e. The first-order chi connectivity index (χ1) is 8.36. The van der Waals surface area contributed by atoms with E-state index in [2.05, 4.69) is 21.8 Å². The number of fused-ring (bicyclic) bond motifs is 1. The van der Waals surface area contributed by atoms with Crippen molar-refractivity contribution in [3.63, 3.8) is 0 Å². The lowest BCUT2D eigenvalue weighted by molar-refractivity contribution is 0.282. The standard InChI is InChI=1S/C13H12N2OS/c16-8-10-1-2-11-3-4-15(13(11)5-10)7-12-6-14-9-17-12/h1-6,9,16H,7-8H2. The summed E-state index contributed by atoms with van der Waals surface area (Å²) in [5.74, 6) is 0. The summed E-state index contributed by atoms with van der Waals surface area (Å²) in [6.45, 7) is 0.921. The Hall–Kier alpha value is -1.65. The molecule has 2 aromatic heterocycles. The van der Waals surface area contributed by atoms with E-state index >= 15 is 0 Å². The van der Waals surface area contributed by atoms with Crippen LogP contribution in [0.2, 0.25) is 0 Å². The van der Waals surface area contributed by atoms with E-state index in [4.69, 9.17) is 5.11 Å². The highest BCUT2D eigenvalue weighted by Gasteiger charge is 2.03. The smallest absolute Gasteiger partial charge is 0.0794 e. The maximum atomic E-state index is 9.16. The van der Waals surface area contributed by atoms with Crippen molar-refractivity contribution in [3.05, 3.63) is 52.6 Å². The van der Waals surface area contributed by atoms with Crippen LogP contribution in [-0.4, -0.2) is 14.7 Å². The van der Waals surface area contributed by atoms with Crippen LogP contribution in [0.5, 0.6) is 0 Å². The Morgan fingerprint density at radius 1 is 1.29 bits per heavy atom. The Kier molecular flexibility index (Phi) is 2.66. The van der Waals surface area contributed by atoms with Gasteiger partial charge in [0.15, 0.2) is 0 Å². The molecule has 3 nitrogen and oxygen atoms in total. The molecule has 0 saturated heterocycles. The van der Waals surface area contributed by atoms with Crippen molar-refractivity contribution in [2.24, 2.45) is 0 Å². The van der Waals surface area contributed by atoms with E-state index < -0.39 is 0 Å². The molecular weight excluding hydrogens is 232 g/mol. The van der Waals surface area contributed by atoms with Gasteiger partial charge >= 0.3 is 0 Å². The molecule has 0 atom stereocenters. The number of hydrogen-bond acceptors (Lipinski definition) is 3. The predicted octanol–water partition coefficient (Wildman–Crippen LogP) is 2.64. The van der Waals surface area contributed by atoms with Gasteiger partial charge in [-0.25, -0.2) is 0 Å². The van der Waals surface area contributed by atoms with Crippen molar-refractivity contribution in [2.45, 2.75) is 13.2 Å². The maximum absolute atomic E-state index is 9.16. The topological polar surface area (TPSA) is 38.0 Å². The summed E-state index contributed by atoms with van der Waals surface area (Å²) in [7, 11) is 0. The number of aromatic nitrogens is 2. The number of rotatable bonds is 3. The van der Waals surface area contributed by atoms with Gasteiger partial charge in [0, 0.05) is 22.8 Å². The van der Waals surface area contributed by atoms with E-state index in [9.17, 15) is 0 Å². The van der Waals surface area contributed by atoms with E-state index in [1.807, 2.05) is 29.9 Å². The first kappa shape index (κ1) is 10.5. The normalized spacial score (nSPS) is 11.1. The Balaban J connectivity index is 2.04. The third-order valence-corrected chi connectivity index (χ3v) is 3.59. The van der Waals surface area contributed by atoms with Crippen molar-refractivity contribution in [1.82, 2.24) is 9.55 Å². The second-order valence-corrected chi connectivity index (χ2v) is 4.93.